The van der Waals surface area contributed by atoms with Crippen LogP contribution in [-0.2, 0) is 0 Å². The highest BCUT2D eigenvalue weighted by molar-refractivity contribution is 5.94. The van der Waals surface area contributed by atoms with Crippen molar-refractivity contribution in [3.63, 3.8) is 0 Å². The maximum atomic E-state index is 13.2. The van der Waals surface area contributed by atoms with E-state index in [2.05, 4.69) is 15.4 Å². The molecule has 5 nitrogen and oxygen atoms in total. The highest BCUT2D eigenvalue weighted by atomic mass is 19.1. The first-order valence-corrected chi connectivity index (χ1v) is 7.92. The molecule has 0 aliphatic carbocycles. The molecule has 0 aliphatic rings. The zero-order valence-corrected chi connectivity index (χ0v) is 14.3. The Labute approximate surface area is 145 Å². The van der Waals surface area contributed by atoms with Gasteiger partial charge in [-0.2, -0.15) is 5.10 Å². The minimum atomic E-state index is -0.367. The fourth-order valence-electron chi connectivity index (χ4n) is 2.40. The summed E-state index contributed by atoms with van der Waals surface area (Å²) in [5.41, 5.74) is 2.19. The maximum absolute atomic E-state index is 13.2. The Kier molecular flexibility index (Phi) is 4.35. The number of hydrogen-bond acceptors (Lipinski definition) is 3. The minimum Gasteiger partial charge on any atom is -0.346 e. The average molecular weight is 338 g/mol. The van der Waals surface area contributed by atoms with E-state index in [1.54, 1.807) is 35.3 Å². The molecule has 0 spiro atoms. The Morgan fingerprint density at radius 2 is 1.72 bits per heavy atom. The van der Waals surface area contributed by atoms with E-state index in [9.17, 15) is 9.18 Å². The van der Waals surface area contributed by atoms with Crippen molar-refractivity contribution in [2.75, 3.05) is 0 Å². The Morgan fingerprint density at radius 3 is 2.32 bits per heavy atom. The van der Waals surface area contributed by atoms with Crippen molar-refractivity contribution in [2.45, 2.75) is 26.3 Å². The number of carbonyl (C=O) groups excluding carboxylic acids is 1. The van der Waals surface area contributed by atoms with Crippen molar-refractivity contribution in [3.8, 4) is 16.9 Å². The SMILES string of the molecule is CC(C)(C)NC(=O)c1cc(-c2ccncc2)n(-c2ccc(F)cc2)n1. The smallest absolute Gasteiger partial charge is 0.272 e. The first-order valence-electron chi connectivity index (χ1n) is 7.92. The van der Waals surface area contributed by atoms with Crippen molar-refractivity contribution in [1.82, 2.24) is 20.1 Å². The van der Waals surface area contributed by atoms with Gasteiger partial charge in [0.15, 0.2) is 5.69 Å². The Hall–Kier alpha value is -3.02. The minimum absolute atomic E-state index is 0.260. The standard InChI is InChI=1S/C19H19FN4O/c1-19(2,3)22-18(25)16-12-17(13-8-10-21-11-9-13)24(23-16)15-6-4-14(20)5-7-15/h4-12H,1-3H3,(H,22,25). The molecule has 0 bridgehead atoms. The van der Waals surface area contributed by atoms with Crippen LogP contribution in [-0.4, -0.2) is 26.2 Å². The van der Waals surface area contributed by atoms with Crippen LogP contribution in [0, 0.1) is 5.82 Å². The average Bonchev–Trinajstić information content (AvgIpc) is 3.00. The molecule has 6 heteroatoms. The van der Waals surface area contributed by atoms with Gasteiger partial charge in [0, 0.05) is 23.5 Å². The Balaban J connectivity index is 2.09. The number of halogens is 1. The van der Waals surface area contributed by atoms with Gasteiger partial charge in [-0.25, -0.2) is 9.07 Å². The lowest BCUT2D eigenvalue weighted by molar-refractivity contribution is 0.0914. The third-order valence-electron chi connectivity index (χ3n) is 3.48. The summed E-state index contributed by atoms with van der Waals surface area (Å²) in [5, 5.41) is 7.33. The summed E-state index contributed by atoms with van der Waals surface area (Å²) in [4.78, 5) is 16.5. The fourth-order valence-corrected chi connectivity index (χ4v) is 2.40. The number of hydrogen-bond donors (Lipinski definition) is 1. The number of nitrogens with one attached hydrogen (secondary N) is 1. The van der Waals surface area contributed by atoms with E-state index in [1.807, 2.05) is 32.9 Å². The van der Waals surface area contributed by atoms with Gasteiger partial charge in [-0.15, -0.1) is 0 Å². The van der Waals surface area contributed by atoms with Crippen molar-refractivity contribution >= 4 is 5.91 Å². The molecular weight excluding hydrogens is 319 g/mol. The van der Waals surface area contributed by atoms with E-state index < -0.39 is 0 Å². The van der Waals surface area contributed by atoms with Crippen molar-refractivity contribution in [2.24, 2.45) is 0 Å². The largest absolute Gasteiger partial charge is 0.346 e. The first kappa shape index (κ1) is 16.8. The van der Waals surface area contributed by atoms with Crippen LogP contribution in [0.25, 0.3) is 16.9 Å². The van der Waals surface area contributed by atoms with E-state index in [-0.39, 0.29) is 17.3 Å². The molecule has 128 valence electrons. The molecule has 1 amide bonds. The molecule has 0 radical (unpaired) electrons. The number of aromatic nitrogens is 3. The van der Waals surface area contributed by atoms with Crippen LogP contribution in [0.3, 0.4) is 0 Å². The van der Waals surface area contributed by atoms with Gasteiger partial charge in [-0.05, 0) is 63.2 Å². The van der Waals surface area contributed by atoms with Gasteiger partial charge in [0.25, 0.3) is 5.91 Å². The lowest BCUT2D eigenvalue weighted by atomic mass is 10.1. The third-order valence-corrected chi connectivity index (χ3v) is 3.48. The lowest BCUT2D eigenvalue weighted by Crippen LogP contribution is -2.40. The molecule has 1 N–H and O–H groups in total. The Bertz CT molecular complexity index is 880. The first-order chi connectivity index (χ1) is 11.8. The van der Waals surface area contributed by atoms with Crippen molar-refractivity contribution in [3.05, 3.63) is 66.4 Å². The molecule has 0 atom stereocenters. The Morgan fingerprint density at radius 1 is 1.08 bits per heavy atom. The van der Waals surface area contributed by atoms with Crippen LogP contribution in [0.15, 0.2) is 54.9 Å². The third kappa shape index (κ3) is 3.91. The van der Waals surface area contributed by atoms with Gasteiger partial charge < -0.3 is 5.32 Å². The van der Waals surface area contributed by atoms with Gasteiger partial charge in [0.1, 0.15) is 5.82 Å². The highest BCUT2D eigenvalue weighted by Crippen LogP contribution is 2.24. The van der Waals surface area contributed by atoms with E-state index in [1.165, 1.54) is 12.1 Å². The highest BCUT2D eigenvalue weighted by Gasteiger charge is 2.20. The summed E-state index contributed by atoms with van der Waals surface area (Å²) in [7, 11) is 0. The van der Waals surface area contributed by atoms with Crippen LogP contribution in [0.1, 0.15) is 31.3 Å². The van der Waals surface area contributed by atoms with E-state index in [0.717, 1.165) is 11.3 Å². The van der Waals surface area contributed by atoms with Crippen LogP contribution >= 0.6 is 0 Å². The molecule has 2 aromatic heterocycles. The predicted molar refractivity (Wildman–Crippen MR) is 94.0 cm³/mol. The van der Waals surface area contributed by atoms with Crippen LogP contribution in [0.5, 0.6) is 0 Å². The molecule has 0 fully saturated rings. The molecule has 0 aliphatic heterocycles. The van der Waals surface area contributed by atoms with Crippen molar-refractivity contribution < 1.29 is 9.18 Å². The maximum Gasteiger partial charge on any atom is 0.272 e. The van der Waals surface area contributed by atoms with Gasteiger partial charge in [0.2, 0.25) is 0 Å². The van der Waals surface area contributed by atoms with Gasteiger partial charge in [-0.1, -0.05) is 0 Å². The number of amides is 1. The zero-order chi connectivity index (χ0) is 18.0. The summed E-state index contributed by atoms with van der Waals surface area (Å²) >= 11 is 0. The molecule has 3 aromatic rings. The molecule has 0 unspecified atom stereocenters. The summed E-state index contributed by atoms with van der Waals surface area (Å²) in [6, 6.07) is 11.4. The number of rotatable bonds is 3. The topological polar surface area (TPSA) is 59.8 Å². The monoisotopic (exact) mass is 338 g/mol. The van der Waals surface area contributed by atoms with E-state index >= 15 is 0 Å². The van der Waals surface area contributed by atoms with Crippen molar-refractivity contribution in [1.29, 1.82) is 0 Å². The van der Waals surface area contributed by atoms with E-state index in [4.69, 9.17) is 0 Å². The fraction of sp³-hybridized carbons (Fsp3) is 0.211. The lowest BCUT2D eigenvalue weighted by Gasteiger charge is -2.19. The second-order valence-corrected chi connectivity index (χ2v) is 6.74. The molecular formula is C19H19FN4O. The van der Waals surface area contributed by atoms with Crippen LogP contribution < -0.4 is 5.32 Å². The number of carbonyl (C=O) groups is 1. The molecule has 1 aromatic carbocycles. The number of benzene rings is 1. The van der Waals surface area contributed by atoms with Gasteiger partial charge in [-0.3, -0.25) is 9.78 Å². The summed E-state index contributed by atoms with van der Waals surface area (Å²) in [6.45, 7) is 5.73. The number of nitrogens with zero attached hydrogens (tertiary/aromatic N) is 3. The summed E-state index contributed by atoms with van der Waals surface area (Å²) < 4.78 is 14.9. The molecule has 2 heterocycles. The van der Waals surface area contributed by atoms with E-state index in [0.29, 0.717) is 11.4 Å². The molecule has 0 saturated carbocycles. The normalized spacial score (nSPS) is 11.4. The predicted octanol–water partition coefficient (Wildman–Crippen LogP) is 3.60. The van der Waals surface area contributed by atoms with Crippen LogP contribution in [0.2, 0.25) is 0 Å². The molecule has 3 rings (SSSR count). The molecule has 25 heavy (non-hydrogen) atoms. The van der Waals surface area contributed by atoms with Gasteiger partial charge in [0.05, 0.1) is 11.4 Å². The van der Waals surface area contributed by atoms with Crippen LogP contribution in [0.4, 0.5) is 4.39 Å². The quantitative estimate of drug-likeness (QED) is 0.794. The van der Waals surface area contributed by atoms with Gasteiger partial charge >= 0.3 is 0 Å². The number of pyridine rings is 1. The second kappa shape index (κ2) is 6.47. The molecule has 0 saturated heterocycles. The summed E-state index contributed by atoms with van der Waals surface area (Å²) in [6.07, 6.45) is 3.35. The second-order valence-electron chi connectivity index (χ2n) is 6.74. The summed E-state index contributed by atoms with van der Waals surface area (Å²) in [5.74, 6) is -0.587. The zero-order valence-electron chi connectivity index (χ0n) is 14.3.